The molecule has 0 aliphatic heterocycles. The summed E-state index contributed by atoms with van der Waals surface area (Å²) in [6.07, 6.45) is 5.75. The Hall–Kier alpha value is -1.46. The Balaban J connectivity index is 2.20. The Bertz CT molecular complexity index is 275. The Labute approximate surface area is 102 Å². The number of nitrogens with one attached hydrogen (secondary N) is 2. The average Bonchev–Trinajstić information content (AvgIpc) is 2.36. The predicted molar refractivity (Wildman–Crippen MR) is 66.0 cm³/mol. The van der Waals surface area contributed by atoms with Crippen LogP contribution in [0.15, 0.2) is 5.16 Å². The number of nitrogens with zero attached hydrogens (tertiary/aromatic N) is 1. The quantitative estimate of drug-likeness (QED) is 0.256. The van der Waals surface area contributed by atoms with E-state index in [1.165, 1.54) is 19.3 Å². The van der Waals surface area contributed by atoms with Crippen molar-refractivity contribution in [1.29, 1.82) is 0 Å². The normalized spacial score (nSPS) is 19.7. The van der Waals surface area contributed by atoms with Crippen molar-refractivity contribution in [2.75, 3.05) is 6.54 Å². The van der Waals surface area contributed by atoms with E-state index < -0.39 is 0 Å². The molecule has 1 saturated carbocycles. The van der Waals surface area contributed by atoms with Gasteiger partial charge in [-0.15, -0.1) is 0 Å². The van der Waals surface area contributed by atoms with Gasteiger partial charge in [0.25, 0.3) is 0 Å². The fraction of sp³-hybridized carbons (Fsp3) is 0.818. The molecule has 0 radical (unpaired) electrons. The SMILES string of the molecule is CC(CNC(=O)NC1CCCCC1)C(N)=NO. The Morgan fingerprint density at radius 1 is 1.47 bits per heavy atom. The van der Waals surface area contributed by atoms with Crippen molar-refractivity contribution < 1.29 is 10.0 Å². The van der Waals surface area contributed by atoms with E-state index >= 15 is 0 Å². The standard InChI is InChI=1S/C11H22N4O2/c1-8(10(12)15-17)7-13-11(16)14-9-5-3-2-4-6-9/h8-9,17H,2-7H2,1H3,(H2,12,15)(H2,13,14,16). The van der Waals surface area contributed by atoms with Gasteiger partial charge in [0, 0.05) is 18.5 Å². The second kappa shape index (κ2) is 6.98. The monoisotopic (exact) mass is 242 g/mol. The van der Waals surface area contributed by atoms with E-state index in [4.69, 9.17) is 10.9 Å². The summed E-state index contributed by atoms with van der Waals surface area (Å²) in [5.74, 6) is -0.0416. The molecule has 1 aliphatic rings. The number of amides is 2. The first-order valence-electron chi connectivity index (χ1n) is 6.15. The molecule has 0 aromatic rings. The van der Waals surface area contributed by atoms with E-state index in [2.05, 4.69) is 15.8 Å². The molecule has 0 bridgehead atoms. The van der Waals surface area contributed by atoms with Crippen LogP contribution in [0.5, 0.6) is 0 Å². The highest BCUT2D eigenvalue weighted by Gasteiger charge is 2.16. The fourth-order valence-electron chi connectivity index (χ4n) is 1.93. The van der Waals surface area contributed by atoms with Crippen molar-refractivity contribution in [3.63, 3.8) is 0 Å². The van der Waals surface area contributed by atoms with Gasteiger partial charge in [-0.3, -0.25) is 0 Å². The van der Waals surface area contributed by atoms with Crippen molar-refractivity contribution in [2.45, 2.75) is 45.1 Å². The molecule has 0 saturated heterocycles. The highest BCUT2D eigenvalue weighted by Crippen LogP contribution is 2.17. The van der Waals surface area contributed by atoms with Crippen LogP contribution in [0.3, 0.4) is 0 Å². The van der Waals surface area contributed by atoms with Gasteiger partial charge < -0.3 is 21.6 Å². The van der Waals surface area contributed by atoms with Gasteiger partial charge in [0.2, 0.25) is 0 Å². The third kappa shape index (κ3) is 4.93. The molecule has 6 nitrogen and oxygen atoms in total. The Kier molecular flexibility index (Phi) is 5.59. The zero-order chi connectivity index (χ0) is 12.7. The summed E-state index contributed by atoms with van der Waals surface area (Å²) >= 11 is 0. The largest absolute Gasteiger partial charge is 0.409 e. The molecule has 1 rings (SSSR count). The summed E-state index contributed by atoms with van der Waals surface area (Å²) in [7, 11) is 0. The van der Waals surface area contributed by atoms with Gasteiger partial charge in [0.05, 0.1) is 0 Å². The van der Waals surface area contributed by atoms with Gasteiger partial charge in [0.15, 0.2) is 0 Å². The fourth-order valence-corrected chi connectivity index (χ4v) is 1.93. The minimum Gasteiger partial charge on any atom is -0.409 e. The van der Waals surface area contributed by atoms with Crippen LogP contribution in [0.25, 0.3) is 0 Å². The van der Waals surface area contributed by atoms with E-state index in [9.17, 15) is 4.79 Å². The van der Waals surface area contributed by atoms with Crippen LogP contribution in [0.2, 0.25) is 0 Å². The van der Waals surface area contributed by atoms with Gasteiger partial charge >= 0.3 is 6.03 Å². The molecule has 6 heteroatoms. The third-order valence-corrected chi connectivity index (χ3v) is 3.13. The minimum absolute atomic E-state index is 0.128. The molecule has 1 fully saturated rings. The van der Waals surface area contributed by atoms with Crippen molar-refractivity contribution in [3.8, 4) is 0 Å². The molecule has 1 unspecified atom stereocenters. The first-order chi connectivity index (χ1) is 8.13. The summed E-state index contributed by atoms with van der Waals surface area (Å²) in [6, 6.07) is 0.123. The summed E-state index contributed by atoms with van der Waals surface area (Å²) in [4.78, 5) is 11.6. The molecule has 1 aliphatic carbocycles. The van der Waals surface area contributed by atoms with Crippen LogP contribution < -0.4 is 16.4 Å². The topological polar surface area (TPSA) is 99.7 Å². The molecule has 0 aromatic carbocycles. The Morgan fingerprint density at radius 3 is 2.71 bits per heavy atom. The van der Waals surface area contributed by atoms with Crippen molar-refractivity contribution >= 4 is 11.9 Å². The second-order valence-electron chi connectivity index (χ2n) is 4.62. The van der Waals surface area contributed by atoms with Crippen LogP contribution >= 0.6 is 0 Å². The van der Waals surface area contributed by atoms with Crippen LogP contribution in [0, 0.1) is 5.92 Å². The van der Waals surface area contributed by atoms with Crippen LogP contribution in [0.1, 0.15) is 39.0 Å². The maximum absolute atomic E-state index is 11.6. The van der Waals surface area contributed by atoms with Crippen molar-refractivity contribution in [2.24, 2.45) is 16.8 Å². The maximum atomic E-state index is 11.6. The lowest BCUT2D eigenvalue weighted by molar-refractivity contribution is 0.232. The van der Waals surface area contributed by atoms with E-state index in [1.54, 1.807) is 6.92 Å². The van der Waals surface area contributed by atoms with Gasteiger partial charge in [-0.25, -0.2) is 4.79 Å². The minimum atomic E-state index is -0.172. The van der Waals surface area contributed by atoms with Gasteiger partial charge in [-0.2, -0.15) is 0 Å². The summed E-state index contributed by atoms with van der Waals surface area (Å²) < 4.78 is 0. The van der Waals surface area contributed by atoms with Crippen LogP contribution in [-0.4, -0.2) is 29.7 Å². The van der Waals surface area contributed by atoms with Crippen LogP contribution in [-0.2, 0) is 0 Å². The molecule has 1 atom stereocenters. The highest BCUT2D eigenvalue weighted by atomic mass is 16.4. The lowest BCUT2D eigenvalue weighted by Crippen LogP contribution is -2.45. The lowest BCUT2D eigenvalue weighted by Gasteiger charge is -2.23. The van der Waals surface area contributed by atoms with E-state index in [0.29, 0.717) is 12.6 Å². The van der Waals surface area contributed by atoms with Crippen molar-refractivity contribution in [1.82, 2.24) is 10.6 Å². The number of hydrogen-bond acceptors (Lipinski definition) is 3. The van der Waals surface area contributed by atoms with E-state index in [-0.39, 0.29) is 17.8 Å². The molecule has 2 amide bonds. The van der Waals surface area contributed by atoms with Crippen molar-refractivity contribution in [3.05, 3.63) is 0 Å². The summed E-state index contributed by atoms with van der Waals surface area (Å²) in [5.41, 5.74) is 5.42. The Morgan fingerprint density at radius 2 is 2.12 bits per heavy atom. The van der Waals surface area contributed by atoms with Gasteiger partial charge in [-0.05, 0) is 12.8 Å². The van der Waals surface area contributed by atoms with E-state index in [0.717, 1.165) is 12.8 Å². The molecule has 0 spiro atoms. The second-order valence-corrected chi connectivity index (χ2v) is 4.62. The highest BCUT2D eigenvalue weighted by molar-refractivity contribution is 5.83. The number of carbonyl (C=O) groups is 1. The zero-order valence-corrected chi connectivity index (χ0v) is 10.3. The zero-order valence-electron chi connectivity index (χ0n) is 10.3. The molecule has 0 aromatic heterocycles. The smallest absolute Gasteiger partial charge is 0.315 e. The van der Waals surface area contributed by atoms with E-state index in [1.807, 2.05) is 0 Å². The molecular weight excluding hydrogens is 220 g/mol. The van der Waals surface area contributed by atoms with Gasteiger partial charge in [-0.1, -0.05) is 31.3 Å². The number of hydrogen-bond donors (Lipinski definition) is 4. The molecule has 0 heterocycles. The lowest BCUT2D eigenvalue weighted by atomic mass is 9.96. The first kappa shape index (κ1) is 13.6. The number of carbonyl (C=O) groups excluding carboxylic acids is 1. The van der Waals surface area contributed by atoms with Gasteiger partial charge in [0.1, 0.15) is 5.84 Å². The number of rotatable bonds is 4. The summed E-state index contributed by atoms with van der Waals surface area (Å²) in [6.45, 7) is 2.16. The predicted octanol–water partition coefficient (Wildman–Crippen LogP) is 1.00. The third-order valence-electron chi connectivity index (χ3n) is 3.13. The number of nitrogens with two attached hydrogens (primary N) is 1. The molecule has 5 N–H and O–H groups in total. The number of amidine groups is 1. The molecule has 17 heavy (non-hydrogen) atoms. The maximum Gasteiger partial charge on any atom is 0.315 e. The van der Waals surface area contributed by atoms with Crippen LogP contribution in [0.4, 0.5) is 4.79 Å². The molecular formula is C11H22N4O2. The molecule has 98 valence electrons. The number of urea groups is 1. The first-order valence-corrected chi connectivity index (χ1v) is 6.15. The summed E-state index contributed by atoms with van der Waals surface area (Å²) in [5, 5.41) is 17.0. The average molecular weight is 242 g/mol. The number of oxime groups is 1.